The summed E-state index contributed by atoms with van der Waals surface area (Å²) in [5, 5.41) is 2.79. The van der Waals surface area contributed by atoms with Crippen LogP contribution in [0.1, 0.15) is 26.7 Å². The topological polar surface area (TPSA) is 49.4 Å². The van der Waals surface area contributed by atoms with Crippen LogP contribution in [0.25, 0.3) is 0 Å². The monoisotopic (exact) mass is 248 g/mol. The van der Waals surface area contributed by atoms with Crippen LogP contribution in [0.2, 0.25) is 0 Å². The molecular formula is C14H20N2O2. The van der Waals surface area contributed by atoms with E-state index in [0.717, 1.165) is 6.42 Å². The van der Waals surface area contributed by atoms with Crippen LogP contribution in [0, 0.1) is 23.7 Å². The zero-order valence-corrected chi connectivity index (χ0v) is 10.9. The van der Waals surface area contributed by atoms with Crippen molar-refractivity contribution >= 4 is 11.9 Å². The van der Waals surface area contributed by atoms with Crippen molar-refractivity contribution in [3.05, 3.63) is 12.2 Å². The van der Waals surface area contributed by atoms with Crippen molar-refractivity contribution in [2.45, 2.75) is 32.7 Å². The van der Waals surface area contributed by atoms with Crippen molar-refractivity contribution in [1.82, 2.24) is 10.2 Å². The molecule has 0 spiro atoms. The van der Waals surface area contributed by atoms with Crippen molar-refractivity contribution in [3.63, 3.8) is 0 Å². The number of amides is 3. The molecule has 3 amide bonds. The molecule has 1 saturated heterocycles. The fourth-order valence-corrected chi connectivity index (χ4v) is 3.50. The Kier molecular flexibility index (Phi) is 2.68. The summed E-state index contributed by atoms with van der Waals surface area (Å²) >= 11 is 0. The number of hydrogen-bond donors (Lipinski definition) is 1. The fourth-order valence-electron chi connectivity index (χ4n) is 3.50. The van der Waals surface area contributed by atoms with E-state index in [9.17, 15) is 9.59 Å². The number of nitrogens with one attached hydrogen (secondary N) is 1. The van der Waals surface area contributed by atoms with Gasteiger partial charge in [0.05, 0.1) is 0 Å². The van der Waals surface area contributed by atoms with Gasteiger partial charge >= 0.3 is 6.03 Å². The Labute approximate surface area is 107 Å². The molecule has 1 saturated carbocycles. The molecule has 2 bridgehead atoms. The van der Waals surface area contributed by atoms with Gasteiger partial charge in [-0.1, -0.05) is 26.0 Å². The highest BCUT2D eigenvalue weighted by Gasteiger charge is 2.43. The second-order valence-corrected chi connectivity index (χ2v) is 6.16. The van der Waals surface area contributed by atoms with Gasteiger partial charge in [-0.25, -0.2) is 4.79 Å². The maximum atomic E-state index is 12.2. The molecule has 18 heavy (non-hydrogen) atoms. The number of carbonyl (C=O) groups excluding carboxylic acids is 2. The van der Waals surface area contributed by atoms with Gasteiger partial charge in [0.2, 0.25) is 0 Å². The fraction of sp³-hybridized carbons (Fsp3) is 0.714. The van der Waals surface area contributed by atoms with Crippen LogP contribution in [-0.4, -0.2) is 29.4 Å². The molecule has 0 aromatic rings. The highest BCUT2D eigenvalue weighted by Crippen LogP contribution is 2.43. The van der Waals surface area contributed by atoms with Crippen LogP contribution in [0.4, 0.5) is 4.79 Å². The summed E-state index contributed by atoms with van der Waals surface area (Å²) in [7, 11) is 0. The molecule has 0 aromatic carbocycles. The average Bonchev–Trinajstić information content (AvgIpc) is 2.98. The normalized spacial score (nSPS) is 38.1. The highest BCUT2D eigenvalue weighted by atomic mass is 16.2. The molecule has 4 heteroatoms. The molecule has 2 fully saturated rings. The SMILES string of the molecule is CC(C)[C@H]1NC(=O)N(C[C@H]2C[C@H]3C=C[C@@H]2C3)C1=O. The number of hydrogen-bond acceptors (Lipinski definition) is 2. The minimum absolute atomic E-state index is 0.0400. The largest absolute Gasteiger partial charge is 0.326 e. The lowest BCUT2D eigenvalue weighted by atomic mass is 9.93. The van der Waals surface area contributed by atoms with Crippen molar-refractivity contribution in [1.29, 1.82) is 0 Å². The van der Waals surface area contributed by atoms with Crippen LogP contribution >= 0.6 is 0 Å². The molecule has 4 nitrogen and oxygen atoms in total. The van der Waals surface area contributed by atoms with Crippen molar-refractivity contribution in [2.75, 3.05) is 6.54 Å². The first-order valence-electron chi connectivity index (χ1n) is 6.86. The van der Waals surface area contributed by atoms with Crippen LogP contribution in [0.5, 0.6) is 0 Å². The molecule has 2 aliphatic carbocycles. The Hall–Kier alpha value is -1.32. The van der Waals surface area contributed by atoms with E-state index in [0.29, 0.717) is 24.3 Å². The summed E-state index contributed by atoms with van der Waals surface area (Å²) in [5.74, 6) is 1.85. The zero-order chi connectivity index (χ0) is 12.9. The Balaban J connectivity index is 1.68. The lowest BCUT2D eigenvalue weighted by Gasteiger charge is -2.23. The number of allylic oxidation sites excluding steroid dienone is 2. The second kappa shape index (κ2) is 4.11. The van der Waals surface area contributed by atoms with E-state index in [1.807, 2.05) is 13.8 Å². The first-order chi connectivity index (χ1) is 8.56. The maximum absolute atomic E-state index is 12.2. The molecule has 3 aliphatic rings. The van der Waals surface area contributed by atoms with E-state index < -0.39 is 0 Å². The van der Waals surface area contributed by atoms with Gasteiger partial charge in [0.1, 0.15) is 6.04 Å². The lowest BCUT2D eigenvalue weighted by Crippen LogP contribution is -2.37. The van der Waals surface area contributed by atoms with E-state index in [2.05, 4.69) is 17.5 Å². The summed E-state index contributed by atoms with van der Waals surface area (Å²) in [6.07, 6.45) is 6.88. The Morgan fingerprint density at radius 1 is 1.33 bits per heavy atom. The number of nitrogens with zero attached hydrogens (tertiary/aromatic N) is 1. The summed E-state index contributed by atoms with van der Waals surface area (Å²) in [4.78, 5) is 25.5. The summed E-state index contributed by atoms with van der Waals surface area (Å²) in [6, 6.07) is -0.530. The predicted octanol–water partition coefficient (Wildman–Crippen LogP) is 1.77. The van der Waals surface area contributed by atoms with Crippen molar-refractivity contribution in [3.8, 4) is 0 Å². The molecule has 0 radical (unpaired) electrons. The van der Waals surface area contributed by atoms with Gasteiger partial charge in [0.15, 0.2) is 0 Å². The minimum atomic E-state index is -0.327. The minimum Gasteiger partial charge on any atom is -0.326 e. The third kappa shape index (κ3) is 1.74. The second-order valence-electron chi connectivity index (χ2n) is 6.16. The quantitative estimate of drug-likeness (QED) is 0.611. The molecule has 0 aromatic heterocycles. The van der Waals surface area contributed by atoms with E-state index in [-0.39, 0.29) is 23.9 Å². The molecule has 1 heterocycles. The Morgan fingerprint density at radius 2 is 2.11 bits per heavy atom. The molecule has 98 valence electrons. The van der Waals surface area contributed by atoms with Crippen molar-refractivity contribution < 1.29 is 9.59 Å². The van der Waals surface area contributed by atoms with Crippen LogP contribution in [0.15, 0.2) is 12.2 Å². The van der Waals surface area contributed by atoms with Crippen LogP contribution in [0.3, 0.4) is 0 Å². The first kappa shape index (κ1) is 11.8. The van der Waals surface area contributed by atoms with Gasteiger partial charge in [-0.05, 0) is 36.5 Å². The maximum Gasteiger partial charge on any atom is 0.324 e. The van der Waals surface area contributed by atoms with E-state index >= 15 is 0 Å². The Morgan fingerprint density at radius 3 is 2.61 bits per heavy atom. The van der Waals surface area contributed by atoms with Gasteiger partial charge in [0, 0.05) is 6.54 Å². The number of urea groups is 1. The summed E-state index contributed by atoms with van der Waals surface area (Å²) in [6.45, 7) is 4.53. The van der Waals surface area contributed by atoms with Gasteiger partial charge in [-0.2, -0.15) is 0 Å². The molecule has 1 aliphatic heterocycles. The van der Waals surface area contributed by atoms with Crippen LogP contribution in [-0.2, 0) is 4.79 Å². The summed E-state index contributed by atoms with van der Waals surface area (Å²) in [5.41, 5.74) is 0. The van der Waals surface area contributed by atoms with Gasteiger partial charge in [0.25, 0.3) is 5.91 Å². The molecular weight excluding hydrogens is 228 g/mol. The van der Waals surface area contributed by atoms with E-state index in [1.54, 1.807) is 0 Å². The number of imide groups is 1. The molecule has 4 atom stereocenters. The van der Waals surface area contributed by atoms with E-state index in [1.165, 1.54) is 11.3 Å². The van der Waals surface area contributed by atoms with Gasteiger partial charge < -0.3 is 5.32 Å². The van der Waals surface area contributed by atoms with Crippen LogP contribution < -0.4 is 5.32 Å². The van der Waals surface area contributed by atoms with Gasteiger partial charge in [-0.15, -0.1) is 0 Å². The van der Waals surface area contributed by atoms with Crippen molar-refractivity contribution in [2.24, 2.45) is 23.7 Å². The highest BCUT2D eigenvalue weighted by molar-refractivity contribution is 6.04. The summed E-state index contributed by atoms with van der Waals surface area (Å²) < 4.78 is 0. The lowest BCUT2D eigenvalue weighted by molar-refractivity contribution is -0.128. The molecule has 1 N–H and O–H groups in total. The third-order valence-electron chi connectivity index (χ3n) is 4.56. The van der Waals surface area contributed by atoms with E-state index in [4.69, 9.17) is 0 Å². The number of rotatable bonds is 3. The van der Waals surface area contributed by atoms with Gasteiger partial charge in [-0.3, -0.25) is 9.69 Å². The predicted molar refractivity (Wildman–Crippen MR) is 67.7 cm³/mol. The third-order valence-corrected chi connectivity index (χ3v) is 4.56. The molecule has 0 unspecified atom stereocenters. The number of fused-ring (bicyclic) bond motifs is 2. The number of carbonyl (C=O) groups is 2. The zero-order valence-electron chi connectivity index (χ0n) is 10.9. The average molecular weight is 248 g/mol. The molecule has 3 rings (SSSR count). The standard InChI is InChI=1S/C14H20N2O2/c1-8(2)12-13(17)16(14(18)15-12)7-11-6-9-3-4-10(11)5-9/h3-4,8-12H,5-7H2,1-2H3,(H,15,18)/t9-,10+,11+,12+/m0/s1. The first-order valence-corrected chi connectivity index (χ1v) is 6.86. The smallest absolute Gasteiger partial charge is 0.324 e. The Bertz CT molecular complexity index is 416.